The van der Waals surface area contributed by atoms with Crippen molar-refractivity contribution in [3.05, 3.63) is 18.2 Å². The molecule has 0 atom stereocenters. The van der Waals surface area contributed by atoms with Crippen molar-refractivity contribution in [2.24, 2.45) is 0 Å². The molecule has 0 bridgehead atoms. The molecule has 1 rings (SSSR count). The zero-order valence-corrected chi connectivity index (χ0v) is 13.8. The van der Waals surface area contributed by atoms with Crippen LogP contribution < -0.4 is 19.5 Å². The maximum Gasteiger partial charge on any atom is 0.317 e. The molecule has 6 heteroatoms. The molecule has 0 aliphatic carbocycles. The molecular weight excluding hydrogens is 284 g/mol. The Labute approximate surface area is 132 Å². The average Bonchev–Trinajstić information content (AvgIpc) is 2.55. The summed E-state index contributed by atoms with van der Waals surface area (Å²) in [4.78, 5) is 13.5. The summed E-state index contributed by atoms with van der Waals surface area (Å²) in [5.74, 6) is 1.97. The third-order valence-corrected chi connectivity index (χ3v) is 3.17. The molecule has 1 aromatic carbocycles. The third-order valence-electron chi connectivity index (χ3n) is 3.17. The zero-order chi connectivity index (χ0) is 16.4. The predicted molar refractivity (Wildman–Crippen MR) is 86.0 cm³/mol. The van der Waals surface area contributed by atoms with Gasteiger partial charge < -0.3 is 24.4 Å². The van der Waals surface area contributed by atoms with Gasteiger partial charge in [0.25, 0.3) is 0 Å². The number of methoxy groups -OCH3 is 2. The molecule has 0 spiro atoms. The highest BCUT2D eigenvalue weighted by Crippen LogP contribution is 2.27. The van der Waals surface area contributed by atoms with Crippen LogP contribution in [-0.2, 0) is 0 Å². The molecule has 0 heterocycles. The highest BCUT2D eigenvalue weighted by molar-refractivity contribution is 5.73. The number of carbonyl (C=O) groups is 1. The van der Waals surface area contributed by atoms with E-state index in [0.29, 0.717) is 30.4 Å². The molecule has 2 amide bonds. The van der Waals surface area contributed by atoms with Crippen LogP contribution in [0.15, 0.2) is 18.2 Å². The molecule has 0 aliphatic rings. The minimum absolute atomic E-state index is 0.0831. The standard InChI is InChI=1S/C16H26N2O4/c1-5-6-8-18(2)16(19)17-7-9-22-15-11-13(20-3)10-14(12-15)21-4/h10-12H,5-9H2,1-4H3,(H,17,19). The van der Waals surface area contributed by atoms with E-state index >= 15 is 0 Å². The van der Waals surface area contributed by atoms with E-state index in [9.17, 15) is 4.79 Å². The van der Waals surface area contributed by atoms with Gasteiger partial charge in [-0.3, -0.25) is 0 Å². The van der Waals surface area contributed by atoms with E-state index in [0.717, 1.165) is 19.4 Å². The number of amides is 2. The molecule has 1 aromatic rings. The van der Waals surface area contributed by atoms with Crippen molar-refractivity contribution >= 4 is 6.03 Å². The SMILES string of the molecule is CCCCN(C)C(=O)NCCOc1cc(OC)cc(OC)c1. The van der Waals surface area contributed by atoms with Crippen molar-refractivity contribution in [2.45, 2.75) is 19.8 Å². The predicted octanol–water partition coefficient (Wildman–Crippen LogP) is 2.52. The van der Waals surface area contributed by atoms with Crippen LogP contribution in [0.25, 0.3) is 0 Å². The quantitative estimate of drug-likeness (QED) is 0.712. The van der Waals surface area contributed by atoms with Crippen LogP contribution in [0, 0.1) is 0 Å². The third kappa shape index (κ3) is 6.11. The number of nitrogens with zero attached hydrogens (tertiary/aromatic N) is 1. The lowest BCUT2D eigenvalue weighted by Crippen LogP contribution is -2.39. The largest absolute Gasteiger partial charge is 0.496 e. The van der Waals surface area contributed by atoms with E-state index in [-0.39, 0.29) is 6.03 Å². The number of rotatable bonds is 9. The number of nitrogens with one attached hydrogen (secondary N) is 1. The van der Waals surface area contributed by atoms with Gasteiger partial charge in [-0.15, -0.1) is 0 Å². The second kappa shape index (κ2) is 9.76. The lowest BCUT2D eigenvalue weighted by molar-refractivity contribution is 0.204. The van der Waals surface area contributed by atoms with Gasteiger partial charge in [0, 0.05) is 31.8 Å². The van der Waals surface area contributed by atoms with Gasteiger partial charge in [0.1, 0.15) is 23.9 Å². The van der Waals surface area contributed by atoms with Crippen LogP contribution >= 0.6 is 0 Å². The van der Waals surface area contributed by atoms with Gasteiger partial charge in [-0.1, -0.05) is 13.3 Å². The fourth-order valence-corrected chi connectivity index (χ4v) is 1.82. The van der Waals surface area contributed by atoms with Crippen molar-refractivity contribution in [3.63, 3.8) is 0 Å². The van der Waals surface area contributed by atoms with Crippen LogP contribution in [0.2, 0.25) is 0 Å². The Morgan fingerprint density at radius 1 is 1.14 bits per heavy atom. The number of ether oxygens (including phenoxy) is 3. The number of benzene rings is 1. The Bertz CT molecular complexity index is 443. The van der Waals surface area contributed by atoms with Crippen LogP contribution in [0.3, 0.4) is 0 Å². The van der Waals surface area contributed by atoms with Gasteiger partial charge in [0.05, 0.1) is 20.8 Å². The fraction of sp³-hybridized carbons (Fsp3) is 0.562. The van der Waals surface area contributed by atoms with Gasteiger partial charge >= 0.3 is 6.03 Å². The van der Waals surface area contributed by atoms with E-state index in [1.807, 2.05) is 0 Å². The van der Waals surface area contributed by atoms with Gasteiger partial charge in [0.15, 0.2) is 0 Å². The zero-order valence-electron chi connectivity index (χ0n) is 13.8. The summed E-state index contributed by atoms with van der Waals surface area (Å²) >= 11 is 0. The summed E-state index contributed by atoms with van der Waals surface area (Å²) in [6.45, 7) is 3.68. The Morgan fingerprint density at radius 3 is 2.27 bits per heavy atom. The van der Waals surface area contributed by atoms with Crippen molar-refractivity contribution in [3.8, 4) is 17.2 Å². The van der Waals surface area contributed by atoms with Crippen LogP contribution in [0.1, 0.15) is 19.8 Å². The van der Waals surface area contributed by atoms with Crippen molar-refractivity contribution in [1.29, 1.82) is 0 Å². The molecule has 0 aromatic heterocycles. The maximum absolute atomic E-state index is 11.8. The lowest BCUT2D eigenvalue weighted by atomic mass is 10.3. The minimum Gasteiger partial charge on any atom is -0.496 e. The Balaban J connectivity index is 2.36. The summed E-state index contributed by atoms with van der Waals surface area (Å²) in [6, 6.07) is 5.24. The molecule has 0 unspecified atom stereocenters. The van der Waals surface area contributed by atoms with E-state index in [1.165, 1.54) is 0 Å². The Morgan fingerprint density at radius 2 is 1.73 bits per heavy atom. The monoisotopic (exact) mass is 310 g/mol. The number of hydrogen-bond donors (Lipinski definition) is 1. The maximum atomic E-state index is 11.8. The van der Waals surface area contributed by atoms with E-state index in [1.54, 1.807) is 44.4 Å². The van der Waals surface area contributed by atoms with Gasteiger partial charge in [-0.25, -0.2) is 4.79 Å². The summed E-state index contributed by atoms with van der Waals surface area (Å²) in [7, 11) is 4.97. The lowest BCUT2D eigenvalue weighted by Gasteiger charge is -2.17. The highest BCUT2D eigenvalue weighted by atomic mass is 16.5. The number of carbonyl (C=O) groups excluding carboxylic acids is 1. The molecule has 0 saturated heterocycles. The topological polar surface area (TPSA) is 60.0 Å². The van der Waals surface area contributed by atoms with Crippen molar-refractivity contribution < 1.29 is 19.0 Å². The molecular formula is C16H26N2O4. The summed E-state index contributed by atoms with van der Waals surface area (Å²) in [6.07, 6.45) is 2.07. The average molecular weight is 310 g/mol. The van der Waals surface area contributed by atoms with Crippen LogP contribution in [0.4, 0.5) is 4.79 Å². The molecule has 22 heavy (non-hydrogen) atoms. The Kier molecular flexibility index (Phi) is 7.96. The van der Waals surface area contributed by atoms with E-state index in [4.69, 9.17) is 14.2 Å². The number of urea groups is 1. The highest BCUT2D eigenvalue weighted by Gasteiger charge is 2.07. The fourth-order valence-electron chi connectivity index (χ4n) is 1.82. The number of unbranched alkanes of at least 4 members (excludes halogenated alkanes) is 1. The van der Waals surface area contributed by atoms with Crippen molar-refractivity contribution in [1.82, 2.24) is 10.2 Å². The molecule has 0 fully saturated rings. The molecule has 0 radical (unpaired) electrons. The molecule has 124 valence electrons. The molecule has 0 aliphatic heterocycles. The van der Waals surface area contributed by atoms with Gasteiger partial charge in [-0.2, -0.15) is 0 Å². The minimum atomic E-state index is -0.0831. The first-order valence-corrected chi connectivity index (χ1v) is 7.45. The smallest absolute Gasteiger partial charge is 0.317 e. The second-order valence-electron chi connectivity index (χ2n) is 4.90. The van der Waals surface area contributed by atoms with Crippen LogP contribution in [-0.4, -0.2) is 51.9 Å². The summed E-state index contributed by atoms with van der Waals surface area (Å²) in [5.41, 5.74) is 0. The van der Waals surface area contributed by atoms with Crippen LogP contribution in [0.5, 0.6) is 17.2 Å². The van der Waals surface area contributed by atoms with Gasteiger partial charge in [0.2, 0.25) is 0 Å². The van der Waals surface area contributed by atoms with Gasteiger partial charge in [-0.05, 0) is 6.42 Å². The number of hydrogen-bond acceptors (Lipinski definition) is 4. The normalized spacial score (nSPS) is 10.0. The first-order valence-electron chi connectivity index (χ1n) is 7.45. The summed E-state index contributed by atoms with van der Waals surface area (Å²) in [5, 5.41) is 2.82. The first-order chi connectivity index (χ1) is 10.6. The first kappa shape index (κ1) is 17.9. The molecule has 0 saturated carbocycles. The van der Waals surface area contributed by atoms with E-state index < -0.39 is 0 Å². The Hall–Kier alpha value is -2.11. The molecule has 6 nitrogen and oxygen atoms in total. The second-order valence-corrected chi connectivity index (χ2v) is 4.90. The van der Waals surface area contributed by atoms with E-state index in [2.05, 4.69) is 12.2 Å². The van der Waals surface area contributed by atoms with Crippen molar-refractivity contribution in [2.75, 3.05) is 41.0 Å². The summed E-state index contributed by atoms with van der Waals surface area (Å²) < 4.78 is 16.0. The molecule has 1 N–H and O–H groups in total.